The summed E-state index contributed by atoms with van der Waals surface area (Å²) in [5.41, 5.74) is 1.76. The molecule has 1 fully saturated rings. The lowest BCUT2D eigenvalue weighted by Crippen LogP contribution is -2.20. The molecule has 0 spiro atoms. The summed E-state index contributed by atoms with van der Waals surface area (Å²) in [5, 5.41) is 27.8. The van der Waals surface area contributed by atoms with Crippen molar-refractivity contribution in [1.29, 1.82) is 0 Å². The highest BCUT2D eigenvalue weighted by Crippen LogP contribution is 2.28. The van der Waals surface area contributed by atoms with Crippen molar-refractivity contribution >= 4 is 5.69 Å². The molecule has 1 atom stereocenters. The summed E-state index contributed by atoms with van der Waals surface area (Å²) in [7, 11) is 0. The van der Waals surface area contributed by atoms with Gasteiger partial charge in [0, 0.05) is 44.0 Å². The van der Waals surface area contributed by atoms with Crippen molar-refractivity contribution in [1.82, 2.24) is 0 Å². The van der Waals surface area contributed by atoms with Gasteiger partial charge in [0.25, 0.3) is 0 Å². The molecule has 4 heteroatoms. The second-order valence-corrected chi connectivity index (χ2v) is 4.57. The van der Waals surface area contributed by atoms with Crippen molar-refractivity contribution in [2.45, 2.75) is 12.8 Å². The minimum absolute atomic E-state index is 0.0448. The molecule has 1 aromatic rings. The minimum atomic E-state index is 0.0448. The van der Waals surface area contributed by atoms with Crippen LogP contribution in [-0.2, 0) is 6.42 Å². The molecule has 1 aliphatic rings. The van der Waals surface area contributed by atoms with Crippen LogP contribution < -0.4 is 4.90 Å². The number of hydrogen-bond donors (Lipinski definition) is 3. The number of aromatic hydroxyl groups is 1. The summed E-state index contributed by atoms with van der Waals surface area (Å²) < 4.78 is 0. The molecular weight excluding hydrogens is 218 g/mol. The maximum absolute atomic E-state index is 9.82. The van der Waals surface area contributed by atoms with Crippen molar-refractivity contribution in [2.24, 2.45) is 5.92 Å². The minimum Gasteiger partial charge on any atom is -0.508 e. The van der Waals surface area contributed by atoms with E-state index < -0.39 is 0 Å². The Hall–Kier alpha value is -1.26. The molecule has 2 rings (SSSR count). The molecule has 0 aromatic heterocycles. The summed E-state index contributed by atoms with van der Waals surface area (Å²) in [6, 6.07) is 5.56. The van der Waals surface area contributed by atoms with Gasteiger partial charge in [0.1, 0.15) is 5.75 Å². The van der Waals surface area contributed by atoms with Crippen molar-refractivity contribution in [3.63, 3.8) is 0 Å². The first-order chi connectivity index (χ1) is 8.24. The van der Waals surface area contributed by atoms with E-state index in [2.05, 4.69) is 4.90 Å². The maximum Gasteiger partial charge on any atom is 0.120 e. The average molecular weight is 237 g/mol. The number of nitrogens with zero attached hydrogens (tertiary/aromatic N) is 1. The van der Waals surface area contributed by atoms with Gasteiger partial charge in [-0.1, -0.05) is 6.07 Å². The molecule has 0 saturated carbocycles. The van der Waals surface area contributed by atoms with Gasteiger partial charge < -0.3 is 20.2 Å². The van der Waals surface area contributed by atoms with Gasteiger partial charge in [0.2, 0.25) is 0 Å². The van der Waals surface area contributed by atoms with E-state index in [9.17, 15) is 5.11 Å². The fourth-order valence-electron chi connectivity index (χ4n) is 2.30. The Morgan fingerprint density at radius 2 is 2.12 bits per heavy atom. The van der Waals surface area contributed by atoms with E-state index >= 15 is 0 Å². The van der Waals surface area contributed by atoms with Gasteiger partial charge in [-0.05, 0) is 24.5 Å². The third-order valence-corrected chi connectivity index (χ3v) is 3.36. The molecule has 1 saturated heterocycles. The third-order valence-electron chi connectivity index (χ3n) is 3.36. The van der Waals surface area contributed by atoms with E-state index in [4.69, 9.17) is 10.2 Å². The second-order valence-electron chi connectivity index (χ2n) is 4.57. The zero-order valence-corrected chi connectivity index (χ0v) is 9.84. The lowest BCUT2D eigenvalue weighted by molar-refractivity contribution is 0.238. The molecule has 0 bridgehead atoms. The van der Waals surface area contributed by atoms with Crippen LogP contribution in [-0.4, -0.2) is 41.6 Å². The number of hydrogen-bond acceptors (Lipinski definition) is 4. The summed E-state index contributed by atoms with van der Waals surface area (Å²) in [4.78, 5) is 2.17. The number of anilines is 1. The molecule has 0 amide bonds. The molecule has 1 unspecified atom stereocenters. The standard InChI is InChI=1S/C13H19NO3/c15-6-4-11-1-2-12(7-13(11)17)14-5-3-10(8-14)9-16/h1-2,7,10,15-17H,3-6,8-9H2. The number of aliphatic hydroxyl groups is 2. The summed E-state index contributed by atoms with van der Waals surface area (Å²) >= 11 is 0. The molecule has 17 heavy (non-hydrogen) atoms. The Balaban J connectivity index is 2.09. The van der Waals surface area contributed by atoms with Crippen LogP contribution in [0.4, 0.5) is 5.69 Å². The largest absolute Gasteiger partial charge is 0.508 e. The van der Waals surface area contributed by atoms with Crippen LogP contribution in [0.3, 0.4) is 0 Å². The summed E-state index contributed by atoms with van der Waals surface area (Å²) in [6.45, 7) is 2.04. The molecule has 94 valence electrons. The monoisotopic (exact) mass is 237 g/mol. The van der Waals surface area contributed by atoms with Crippen molar-refractivity contribution in [2.75, 3.05) is 31.2 Å². The molecule has 1 heterocycles. The predicted molar refractivity (Wildman–Crippen MR) is 66.3 cm³/mol. The number of aliphatic hydroxyl groups excluding tert-OH is 2. The van der Waals surface area contributed by atoms with Gasteiger partial charge in [-0.15, -0.1) is 0 Å². The van der Waals surface area contributed by atoms with Crippen molar-refractivity contribution in [3.8, 4) is 5.75 Å². The second kappa shape index (κ2) is 5.38. The highest BCUT2D eigenvalue weighted by molar-refractivity contribution is 5.54. The first-order valence-electron chi connectivity index (χ1n) is 6.03. The van der Waals surface area contributed by atoms with Gasteiger partial charge in [-0.25, -0.2) is 0 Å². The molecule has 1 aliphatic heterocycles. The van der Waals surface area contributed by atoms with E-state index in [0.29, 0.717) is 12.3 Å². The molecule has 4 nitrogen and oxygen atoms in total. The third kappa shape index (κ3) is 2.70. The fraction of sp³-hybridized carbons (Fsp3) is 0.538. The first kappa shape index (κ1) is 12.2. The van der Waals surface area contributed by atoms with Crippen molar-refractivity contribution < 1.29 is 15.3 Å². The smallest absolute Gasteiger partial charge is 0.120 e. The van der Waals surface area contributed by atoms with Crippen LogP contribution in [0.2, 0.25) is 0 Å². The molecule has 0 radical (unpaired) electrons. The highest BCUT2D eigenvalue weighted by Gasteiger charge is 2.22. The fourth-order valence-corrected chi connectivity index (χ4v) is 2.30. The Kier molecular flexibility index (Phi) is 3.86. The molecule has 3 N–H and O–H groups in total. The van der Waals surface area contributed by atoms with Crippen LogP contribution >= 0.6 is 0 Å². The van der Waals surface area contributed by atoms with Gasteiger partial charge in [-0.2, -0.15) is 0 Å². The quantitative estimate of drug-likeness (QED) is 0.723. The Labute approximate surface area is 101 Å². The lowest BCUT2D eigenvalue weighted by Gasteiger charge is -2.19. The molecular formula is C13H19NO3. The van der Waals surface area contributed by atoms with Crippen LogP contribution in [0, 0.1) is 5.92 Å². The zero-order valence-electron chi connectivity index (χ0n) is 9.84. The van der Waals surface area contributed by atoms with Crippen LogP contribution in [0.5, 0.6) is 5.75 Å². The van der Waals surface area contributed by atoms with Crippen LogP contribution in [0.25, 0.3) is 0 Å². The number of phenolic OH excluding ortho intramolecular Hbond substituents is 1. The number of benzene rings is 1. The van der Waals surface area contributed by atoms with E-state index in [1.54, 1.807) is 6.07 Å². The van der Waals surface area contributed by atoms with Gasteiger partial charge >= 0.3 is 0 Å². The number of phenols is 1. The molecule has 0 aliphatic carbocycles. The SMILES string of the molecule is OCCc1ccc(N2CCC(CO)C2)cc1O. The maximum atomic E-state index is 9.82. The Bertz CT molecular complexity index is 381. The lowest BCUT2D eigenvalue weighted by atomic mass is 10.1. The Morgan fingerprint density at radius 1 is 1.29 bits per heavy atom. The normalized spacial score (nSPS) is 19.9. The van der Waals surface area contributed by atoms with Crippen LogP contribution in [0.15, 0.2) is 18.2 Å². The van der Waals surface area contributed by atoms with Crippen molar-refractivity contribution in [3.05, 3.63) is 23.8 Å². The van der Waals surface area contributed by atoms with E-state index in [-0.39, 0.29) is 19.0 Å². The van der Waals surface area contributed by atoms with Gasteiger partial charge in [0.05, 0.1) is 0 Å². The zero-order chi connectivity index (χ0) is 12.3. The Morgan fingerprint density at radius 3 is 2.71 bits per heavy atom. The van der Waals surface area contributed by atoms with E-state index in [0.717, 1.165) is 30.8 Å². The topological polar surface area (TPSA) is 63.9 Å². The first-order valence-corrected chi connectivity index (χ1v) is 6.03. The summed E-state index contributed by atoms with van der Waals surface area (Å²) in [6.07, 6.45) is 1.47. The van der Waals surface area contributed by atoms with Crippen LogP contribution in [0.1, 0.15) is 12.0 Å². The highest BCUT2D eigenvalue weighted by atomic mass is 16.3. The van der Waals surface area contributed by atoms with Gasteiger partial charge in [0.15, 0.2) is 0 Å². The molecule has 1 aromatic carbocycles. The summed E-state index contributed by atoms with van der Waals surface area (Å²) in [5.74, 6) is 0.582. The van der Waals surface area contributed by atoms with E-state index in [1.165, 1.54) is 0 Å². The van der Waals surface area contributed by atoms with Gasteiger partial charge in [-0.3, -0.25) is 0 Å². The average Bonchev–Trinajstić information content (AvgIpc) is 2.80. The van der Waals surface area contributed by atoms with E-state index in [1.807, 2.05) is 12.1 Å². The predicted octanol–water partition coefficient (Wildman–Crippen LogP) is 0.746. The number of rotatable bonds is 4.